The van der Waals surface area contributed by atoms with Gasteiger partial charge in [-0.3, -0.25) is 0 Å². The second-order valence-electron chi connectivity index (χ2n) is 5.75. The molecule has 1 aliphatic heterocycles. The molecule has 1 aromatic carbocycles. The van der Waals surface area contributed by atoms with Gasteiger partial charge >= 0.3 is 0 Å². The number of hydrogen-bond acceptors (Lipinski definition) is 3. The number of hydrogen-bond donors (Lipinski definition) is 0. The molecule has 0 unspecified atom stereocenters. The van der Waals surface area contributed by atoms with E-state index in [0.717, 1.165) is 32.2 Å². The van der Waals surface area contributed by atoms with E-state index in [-0.39, 0.29) is 5.41 Å². The van der Waals surface area contributed by atoms with E-state index in [9.17, 15) is 4.79 Å². The van der Waals surface area contributed by atoms with Crippen molar-refractivity contribution in [2.75, 3.05) is 26.8 Å². The third kappa shape index (κ3) is 3.88. The van der Waals surface area contributed by atoms with Crippen LogP contribution in [0.15, 0.2) is 24.3 Å². The molecule has 1 aliphatic rings. The minimum Gasteiger partial charge on any atom is -0.381 e. The van der Waals surface area contributed by atoms with Crippen molar-refractivity contribution >= 4 is 6.29 Å². The van der Waals surface area contributed by atoms with E-state index in [1.165, 1.54) is 11.1 Å². The van der Waals surface area contributed by atoms with Crippen molar-refractivity contribution in [3.05, 3.63) is 35.4 Å². The van der Waals surface area contributed by atoms with Gasteiger partial charge in [-0.2, -0.15) is 0 Å². The summed E-state index contributed by atoms with van der Waals surface area (Å²) in [5, 5.41) is 0. The summed E-state index contributed by atoms with van der Waals surface area (Å²) in [5.41, 5.74) is 2.36. The summed E-state index contributed by atoms with van der Waals surface area (Å²) in [6, 6.07) is 8.58. The Kier molecular flexibility index (Phi) is 4.72. The Balaban J connectivity index is 1.94. The molecule has 1 heterocycles. The largest absolute Gasteiger partial charge is 0.381 e. The van der Waals surface area contributed by atoms with E-state index in [1.54, 1.807) is 0 Å². The third-order valence-corrected chi connectivity index (χ3v) is 3.90. The summed E-state index contributed by atoms with van der Waals surface area (Å²) < 4.78 is 5.36. The molecule has 0 spiro atoms. The molecular weight excluding hydrogens is 238 g/mol. The van der Waals surface area contributed by atoms with Gasteiger partial charge < -0.3 is 14.4 Å². The fourth-order valence-electron chi connectivity index (χ4n) is 2.69. The number of nitrogens with zero attached hydrogens (tertiary/aromatic N) is 1. The molecule has 3 heteroatoms. The fraction of sp³-hybridized carbons (Fsp3) is 0.562. The second kappa shape index (κ2) is 6.31. The van der Waals surface area contributed by atoms with Crippen molar-refractivity contribution in [2.24, 2.45) is 5.41 Å². The number of rotatable bonds is 5. The van der Waals surface area contributed by atoms with Crippen LogP contribution in [0.5, 0.6) is 0 Å². The van der Waals surface area contributed by atoms with E-state index in [0.29, 0.717) is 13.2 Å². The van der Waals surface area contributed by atoms with E-state index < -0.39 is 0 Å². The first-order valence-electron chi connectivity index (χ1n) is 6.92. The van der Waals surface area contributed by atoms with Crippen LogP contribution in [0, 0.1) is 12.3 Å². The zero-order valence-corrected chi connectivity index (χ0v) is 11.9. The van der Waals surface area contributed by atoms with Crippen LogP contribution in [-0.2, 0) is 16.1 Å². The molecule has 0 radical (unpaired) electrons. The lowest BCUT2D eigenvalue weighted by molar-refractivity contribution is -0.122. The summed E-state index contributed by atoms with van der Waals surface area (Å²) in [6.45, 7) is 5.20. The van der Waals surface area contributed by atoms with Crippen LogP contribution in [0.4, 0.5) is 0 Å². The van der Waals surface area contributed by atoms with Gasteiger partial charge in [0.25, 0.3) is 0 Å². The molecule has 0 amide bonds. The number of aldehydes is 1. The first-order chi connectivity index (χ1) is 9.13. The molecule has 1 saturated heterocycles. The first-order valence-corrected chi connectivity index (χ1v) is 6.92. The summed E-state index contributed by atoms with van der Waals surface area (Å²) in [4.78, 5) is 13.7. The van der Waals surface area contributed by atoms with Crippen LogP contribution in [0.25, 0.3) is 0 Å². The van der Waals surface area contributed by atoms with Crippen LogP contribution in [-0.4, -0.2) is 38.0 Å². The van der Waals surface area contributed by atoms with E-state index in [2.05, 4.69) is 43.1 Å². The molecule has 1 aromatic rings. The maximum absolute atomic E-state index is 11.4. The molecule has 0 aliphatic carbocycles. The van der Waals surface area contributed by atoms with Crippen molar-refractivity contribution in [3.8, 4) is 0 Å². The van der Waals surface area contributed by atoms with Crippen molar-refractivity contribution in [3.63, 3.8) is 0 Å². The molecule has 1 fully saturated rings. The van der Waals surface area contributed by atoms with E-state index in [4.69, 9.17) is 4.74 Å². The number of carbonyl (C=O) groups is 1. The van der Waals surface area contributed by atoms with Gasteiger partial charge in [-0.1, -0.05) is 29.8 Å². The molecule has 0 aromatic heterocycles. The summed E-state index contributed by atoms with van der Waals surface area (Å²) >= 11 is 0. The van der Waals surface area contributed by atoms with Gasteiger partial charge in [0.2, 0.25) is 0 Å². The summed E-state index contributed by atoms with van der Waals surface area (Å²) in [7, 11) is 2.08. The third-order valence-electron chi connectivity index (χ3n) is 3.90. The maximum atomic E-state index is 11.4. The lowest BCUT2D eigenvalue weighted by atomic mass is 9.81. The van der Waals surface area contributed by atoms with Crippen molar-refractivity contribution in [1.29, 1.82) is 0 Å². The second-order valence-corrected chi connectivity index (χ2v) is 5.75. The maximum Gasteiger partial charge on any atom is 0.127 e. The minimum absolute atomic E-state index is 0.211. The van der Waals surface area contributed by atoms with E-state index >= 15 is 0 Å². The fourth-order valence-corrected chi connectivity index (χ4v) is 2.69. The molecule has 3 nitrogen and oxygen atoms in total. The summed E-state index contributed by atoms with van der Waals surface area (Å²) in [5.74, 6) is 0. The van der Waals surface area contributed by atoms with Gasteiger partial charge in [-0.05, 0) is 32.4 Å². The Morgan fingerprint density at radius 1 is 1.26 bits per heavy atom. The topological polar surface area (TPSA) is 29.5 Å². The lowest BCUT2D eigenvalue weighted by Gasteiger charge is -2.35. The van der Waals surface area contributed by atoms with E-state index in [1.807, 2.05) is 0 Å². The number of carbonyl (C=O) groups excluding carboxylic acids is 1. The van der Waals surface area contributed by atoms with Crippen LogP contribution in [0.2, 0.25) is 0 Å². The molecule has 2 rings (SSSR count). The van der Waals surface area contributed by atoms with Gasteiger partial charge in [-0.25, -0.2) is 0 Å². The quantitative estimate of drug-likeness (QED) is 0.762. The van der Waals surface area contributed by atoms with Crippen LogP contribution in [0.1, 0.15) is 24.0 Å². The van der Waals surface area contributed by atoms with Gasteiger partial charge in [0, 0.05) is 31.7 Å². The van der Waals surface area contributed by atoms with Crippen molar-refractivity contribution in [1.82, 2.24) is 4.90 Å². The smallest absolute Gasteiger partial charge is 0.127 e. The number of ether oxygens (including phenoxy) is 1. The normalized spacial score (nSPS) is 18.5. The Hall–Kier alpha value is -1.19. The zero-order valence-electron chi connectivity index (χ0n) is 11.9. The summed E-state index contributed by atoms with van der Waals surface area (Å²) in [6.07, 6.45) is 2.82. The highest BCUT2D eigenvalue weighted by molar-refractivity contribution is 5.60. The molecule has 19 heavy (non-hydrogen) atoms. The Morgan fingerprint density at radius 3 is 2.47 bits per heavy atom. The lowest BCUT2D eigenvalue weighted by Crippen LogP contribution is -2.41. The number of aryl methyl sites for hydroxylation is 1. The van der Waals surface area contributed by atoms with Gasteiger partial charge in [0.15, 0.2) is 0 Å². The average molecular weight is 261 g/mol. The Morgan fingerprint density at radius 2 is 1.89 bits per heavy atom. The highest BCUT2D eigenvalue weighted by atomic mass is 16.5. The molecule has 0 saturated carbocycles. The highest BCUT2D eigenvalue weighted by Crippen LogP contribution is 2.29. The zero-order chi connectivity index (χ0) is 13.7. The van der Waals surface area contributed by atoms with Crippen LogP contribution < -0.4 is 0 Å². The minimum atomic E-state index is -0.211. The predicted molar refractivity (Wildman–Crippen MR) is 76.1 cm³/mol. The first kappa shape index (κ1) is 14.2. The average Bonchev–Trinajstić information content (AvgIpc) is 2.42. The molecular formula is C16H23NO2. The van der Waals surface area contributed by atoms with Gasteiger partial charge in [0.1, 0.15) is 6.29 Å². The molecule has 104 valence electrons. The van der Waals surface area contributed by atoms with Gasteiger partial charge in [-0.15, -0.1) is 0 Å². The Bertz CT molecular complexity index is 407. The SMILES string of the molecule is Cc1ccc(CN(C)CC2(C=O)CCOCC2)cc1. The highest BCUT2D eigenvalue weighted by Gasteiger charge is 2.33. The monoisotopic (exact) mass is 261 g/mol. The predicted octanol–water partition coefficient (Wildman–Crippen LogP) is 2.42. The van der Waals surface area contributed by atoms with Crippen molar-refractivity contribution in [2.45, 2.75) is 26.3 Å². The standard InChI is InChI=1S/C16H23NO2/c1-14-3-5-15(6-4-14)11-17(2)12-16(13-18)7-9-19-10-8-16/h3-6,13H,7-12H2,1-2H3. The molecule has 0 atom stereocenters. The van der Waals surface area contributed by atoms with Crippen LogP contribution >= 0.6 is 0 Å². The Labute approximate surface area is 115 Å². The van der Waals surface area contributed by atoms with Gasteiger partial charge in [0.05, 0.1) is 0 Å². The molecule has 0 bridgehead atoms. The number of benzene rings is 1. The van der Waals surface area contributed by atoms with Crippen LogP contribution in [0.3, 0.4) is 0 Å². The van der Waals surface area contributed by atoms with Crippen molar-refractivity contribution < 1.29 is 9.53 Å². The molecule has 0 N–H and O–H groups in total.